The second-order valence-electron chi connectivity index (χ2n) is 5.22. The Morgan fingerprint density at radius 1 is 1.41 bits per heavy atom. The molecule has 118 valence electrons. The lowest BCUT2D eigenvalue weighted by atomic mass is 10.1. The minimum atomic E-state index is -0.102. The van der Waals surface area contributed by atoms with E-state index in [9.17, 15) is 4.79 Å². The number of thiophene rings is 1. The SMILES string of the molecule is Cc1ccsc1CNC(C)c1ccc2c(c1)NC(=O)CO2.Cl. The summed E-state index contributed by atoms with van der Waals surface area (Å²) >= 11 is 1.77. The number of carbonyl (C=O) groups is 1. The van der Waals surface area contributed by atoms with Crippen molar-refractivity contribution in [1.29, 1.82) is 0 Å². The Hall–Kier alpha value is -1.56. The lowest BCUT2D eigenvalue weighted by Gasteiger charge is -2.21. The second kappa shape index (κ2) is 7.13. The molecule has 0 saturated heterocycles. The van der Waals surface area contributed by atoms with Crippen LogP contribution in [0, 0.1) is 6.92 Å². The third kappa shape index (κ3) is 3.61. The van der Waals surface area contributed by atoms with Gasteiger partial charge in [-0.3, -0.25) is 4.79 Å². The zero-order valence-electron chi connectivity index (χ0n) is 12.5. The zero-order valence-corrected chi connectivity index (χ0v) is 14.1. The molecular weight excluding hydrogens is 320 g/mol. The fraction of sp³-hybridized carbons (Fsp3) is 0.312. The second-order valence-corrected chi connectivity index (χ2v) is 6.22. The molecule has 0 aliphatic carbocycles. The van der Waals surface area contributed by atoms with E-state index in [2.05, 4.69) is 35.9 Å². The van der Waals surface area contributed by atoms with Gasteiger partial charge in [-0.05, 0) is 48.6 Å². The molecule has 1 aliphatic rings. The molecule has 1 aromatic carbocycles. The number of nitrogens with one attached hydrogen (secondary N) is 2. The standard InChI is InChI=1S/C16H18N2O2S.ClH/c1-10-5-6-21-15(10)8-17-11(2)12-3-4-14-13(7-12)18-16(19)9-20-14;/h3-7,11,17H,8-9H2,1-2H3,(H,18,19);1H. The summed E-state index contributed by atoms with van der Waals surface area (Å²) in [7, 11) is 0. The maximum Gasteiger partial charge on any atom is 0.262 e. The van der Waals surface area contributed by atoms with Gasteiger partial charge in [0.1, 0.15) is 5.75 Å². The quantitative estimate of drug-likeness (QED) is 0.894. The van der Waals surface area contributed by atoms with E-state index in [0.717, 1.165) is 23.5 Å². The number of halogens is 1. The van der Waals surface area contributed by atoms with Crippen molar-refractivity contribution in [3.8, 4) is 5.75 Å². The first-order chi connectivity index (χ1) is 10.1. The monoisotopic (exact) mass is 338 g/mol. The first-order valence-corrected chi connectivity index (χ1v) is 7.84. The van der Waals surface area contributed by atoms with Crippen molar-refractivity contribution in [3.63, 3.8) is 0 Å². The van der Waals surface area contributed by atoms with Crippen LogP contribution >= 0.6 is 23.7 Å². The Morgan fingerprint density at radius 3 is 2.95 bits per heavy atom. The molecule has 1 amide bonds. The smallest absolute Gasteiger partial charge is 0.262 e. The number of anilines is 1. The minimum absolute atomic E-state index is 0. The van der Waals surface area contributed by atoms with E-state index in [0.29, 0.717) is 0 Å². The molecule has 0 saturated carbocycles. The van der Waals surface area contributed by atoms with Crippen LogP contribution in [0.2, 0.25) is 0 Å². The van der Waals surface area contributed by atoms with E-state index in [1.807, 2.05) is 18.2 Å². The van der Waals surface area contributed by atoms with Gasteiger partial charge in [0.05, 0.1) is 5.69 Å². The average Bonchev–Trinajstić information content (AvgIpc) is 2.89. The van der Waals surface area contributed by atoms with Gasteiger partial charge >= 0.3 is 0 Å². The first-order valence-electron chi connectivity index (χ1n) is 6.96. The Kier molecular flexibility index (Phi) is 5.45. The summed E-state index contributed by atoms with van der Waals surface area (Å²) in [5, 5.41) is 8.48. The maximum absolute atomic E-state index is 11.4. The number of aryl methyl sites for hydroxylation is 1. The lowest BCUT2D eigenvalue weighted by molar-refractivity contribution is -0.118. The molecular formula is C16H19ClN2O2S. The zero-order chi connectivity index (χ0) is 14.8. The molecule has 22 heavy (non-hydrogen) atoms. The van der Waals surface area contributed by atoms with Crippen molar-refractivity contribution < 1.29 is 9.53 Å². The topological polar surface area (TPSA) is 50.4 Å². The Bertz CT molecular complexity index is 672. The molecule has 2 heterocycles. The molecule has 2 aromatic rings. The summed E-state index contributed by atoms with van der Waals surface area (Å²) in [6, 6.07) is 8.27. The molecule has 1 unspecified atom stereocenters. The van der Waals surface area contributed by atoms with Crippen LogP contribution in [0.1, 0.15) is 29.0 Å². The molecule has 2 N–H and O–H groups in total. The minimum Gasteiger partial charge on any atom is -0.482 e. The van der Waals surface area contributed by atoms with Crippen LogP contribution in [0.5, 0.6) is 5.75 Å². The summed E-state index contributed by atoms with van der Waals surface area (Å²) in [5.74, 6) is 0.633. The van der Waals surface area contributed by atoms with Crippen molar-refractivity contribution in [2.75, 3.05) is 11.9 Å². The van der Waals surface area contributed by atoms with Crippen LogP contribution < -0.4 is 15.4 Å². The highest BCUT2D eigenvalue weighted by Gasteiger charge is 2.17. The van der Waals surface area contributed by atoms with E-state index in [4.69, 9.17) is 4.74 Å². The molecule has 0 radical (unpaired) electrons. The van der Waals surface area contributed by atoms with Gasteiger partial charge in [-0.2, -0.15) is 0 Å². The Labute approximate surface area is 140 Å². The third-order valence-corrected chi connectivity index (χ3v) is 4.70. The summed E-state index contributed by atoms with van der Waals surface area (Å²) in [4.78, 5) is 12.7. The van der Waals surface area contributed by atoms with Crippen LogP contribution in [0.15, 0.2) is 29.6 Å². The van der Waals surface area contributed by atoms with Gasteiger partial charge < -0.3 is 15.4 Å². The van der Waals surface area contributed by atoms with Crippen molar-refractivity contribution in [1.82, 2.24) is 5.32 Å². The molecule has 1 aliphatic heterocycles. The number of hydrogen-bond donors (Lipinski definition) is 2. The number of amides is 1. The highest BCUT2D eigenvalue weighted by atomic mass is 35.5. The van der Waals surface area contributed by atoms with Crippen LogP contribution in [-0.4, -0.2) is 12.5 Å². The number of ether oxygens (including phenoxy) is 1. The highest BCUT2D eigenvalue weighted by molar-refractivity contribution is 7.10. The van der Waals surface area contributed by atoms with Gasteiger partial charge in [0.25, 0.3) is 5.91 Å². The van der Waals surface area contributed by atoms with Crippen LogP contribution in [0.3, 0.4) is 0 Å². The van der Waals surface area contributed by atoms with E-state index in [1.165, 1.54) is 10.4 Å². The normalized spacial score (nSPS) is 14.4. The van der Waals surface area contributed by atoms with Crippen molar-refractivity contribution in [3.05, 3.63) is 45.6 Å². The number of hydrogen-bond acceptors (Lipinski definition) is 4. The summed E-state index contributed by atoms with van der Waals surface area (Å²) in [6.07, 6.45) is 0. The van der Waals surface area contributed by atoms with Gasteiger partial charge in [-0.25, -0.2) is 0 Å². The summed E-state index contributed by atoms with van der Waals surface area (Å²) in [5.41, 5.74) is 3.21. The molecule has 0 bridgehead atoms. The molecule has 3 rings (SSSR count). The molecule has 4 nitrogen and oxygen atoms in total. The summed E-state index contributed by atoms with van der Waals surface area (Å²) < 4.78 is 5.37. The molecule has 6 heteroatoms. The maximum atomic E-state index is 11.4. The van der Waals surface area contributed by atoms with E-state index < -0.39 is 0 Å². The van der Waals surface area contributed by atoms with E-state index in [-0.39, 0.29) is 31.0 Å². The molecule has 1 atom stereocenters. The number of carbonyl (C=O) groups excluding carboxylic acids is 1. The number of rotatable bonds is 4. The van der Waals surface area contributed by atoms with Crippen molar-refractivity contribution >= 4 is 35.3 Å². The Morgan fingerprint density at radius 2 is 2.23 bits per heavy atom. The van der Waals surface area contributed by atoms with Crippen molar-refractivity contribution in [2.45, 2.75) is 26.4 Å². The molecule has 0 fully saturated rings. The predicted octanol–water partition coefficient (Wildman–Crippen LogP) is 3.66. The van der Waals surface area contributed by atoms with Crippen LogP contribution in [0.4, 0.5) is 5.69 Å². The summed E-state index contributed by atoms with van der Waals surface area (Å²) in [6.45, 7) is 5.20. The largest absolute Gasteiger partial charge is 0.482 e. The van der Waals surface area contributed by atoms with Gasteiger partial charge in [0, 0.05) is 17.5 Å². The van der Waals surface area contributed by atoms with Gasteiger partial charge in [0.2, 0.25) is 0 Å². The molecule has 1 aromatic heterocycles. The van der Waals surface area contributed by atoms with Gasteiger partial charge in [0.15, 0.2) is 6.61 Å². The fourth-order valence-electron chi connectivity index (χ4n) is 2.32. The third-order valence-electron chi connectivity index (χ3n) is 3.67. The van der Waals surface area contributed by atoms with Crippen LogP contribution in [0.25, 0.3) is 0 Å². The predicted molar refractivity (Wildman–Crippen MR) is 92.1 cm³/mol. The van der Waals surface area contributed by atoms with Crippen LogP contribution in [-0.2, 0) is 11.3 Å². The fourth-order valence-corrected chi connectivity index (χ4v) is 3.18. The highest BCUT2D eigenvalue weighted by Crippen LogP contribution is 2.30. The van der Waals surface area contributed by atoms with E-state index in [1.54, 1.807) is 11.3 Å². The van der Waals surface area contributed by atoms with Crippen molar-refractivity contribution in [2.24, 2.45) is 0 Å². The molecule has 0 spiro atoms. The van der Waals surface area contributed by atoms with Gasteiger partial charge in [-0.15, -0.1) is 23.7 Å². The number of benzene rings is 1. The lowest BCUT2D eigenvalue weighted by Crippen LogP contribution is -2.26. The average molecular weight is 339 g/mol. The Balaban J connectivity index is 0.00000176. The number of fused-ring (bicyclic) bond motifs is 1. The van der Waals surface area contributed by atoms with Gasteiger partial charge in [-0.1, -0.05) is 6.07 Å². The first kappa shape index (κ1) is 16.8. The van der Waals surface area contributed by atoms with E-state index >= 15 is 0 Å².